The van der Waals surface area contributed by atoms with E-state index in [-0.39, 0.29) is 11.8 Å². The van der Waals surface area contributed by atoms with Crippen molar-refractivity contribution in [2.45, 2.75) is 6.92 Å². The number of hydrogen-bond acceptors (Lipinski definition) is 2. The van der Waals surface area contributed by atoms with Crippen LogP contribution in [0.4, 0.5) is 0 Å². The number of carbonyl (C=O) groups excluding carboxylic acids is 1. The summed E-state index contributed by atoms with van der Waals surface area (Å²) < 4.78 is 0. The lowest BCUT2D eigenvalue weighted by Crippen LogP contribution is -2.19. The molecule has 1 rings (SSSR count). The molecule has 0 aromatic rings. The first kappa shape index (κ1) is 6.01. The molecule has 0 aliphatic carbocycles. The number of aliphatic imine (C=N–C) groups is 1. The molecule has 48 valence electrons. The van der Waals surface area contributed by atoms with Gasteiger partial charge in [0.15, 0.2) is 0 Å². The normalized spacial score (nSPS) is 26.1. The van der Waals surface area contributed by atoms with Gasteiger partial charge in [0.05, 0.1) is 5.92 Å². The first-order chi connectivity index (χ1) is 4.20. The highest BCUT2D eigenvalue weighted by Gasteiger charge is 2.11. The van der Waals surface area contributed by atoms with E-state index < -0.39 is 0 Å². The summed E-state index contributed by atoms with van der Waals surface area (Å²) in [5.74, 6) is 0.0467. The van der Waals surface area contributed by atoms with E-state index in [9.17, 15) is 4.79 Å². The second kappa shape index (κ2) is 2.01. The molecule has 1 aliphatic rings. The second-order valence-corrected chi connectivity index (χ2v) is 2.02. The van der Waals surface area contributed by atoms with Crippen LogP contribution in [0.15, 0.2) is 17.1 Å². The van der Waals surface area contributed by atoms with Gasteiger partial charge in [-0.3, -0.25) is 4.79 Å². The van der Waals surface area contributed by atoms with Crippen molar-refractivity contribution in [2.75, 3.05) is 0 Å². The van der Waals surface area contributed by atoms with Gasteiger partial charge in [-0.1, -0.05) is 6.08 Å². The van der Waals surface area contributed by atoms with E-state index in [0.29, 0.717) is 5.84 Å². The van der Waals surface area contributed by atoms with Gasteiger partial charge < -0.3 is 5.73 Å². The van der Waals surface area contributed by atoms with Gasteiger partial charge in [-0.2, -0.15) is 4.99 Å². The number of amidine groups is 1. The Kier molecular flexibility index (Phi) is 1.34. The monoisotopic (exact) mass is 124 g/mol. The van der Waals surface area contributed by atoms with Crippen molar-refractivity contribution in [3.63, 3.8) is 0 Å². The molecule has 1 aliphatic heterocycles. The number of dihydropyridines is 1. The topological polar surface area (TPSA) is 55.4 Å². The molecule has 0 aromatic carbocycles. The van der Waals surface area contributed by atoms with Crippen molar-refractivity contribution >= 4 is 11.7 Å². The summed E-state index contributed by atoms with van der Waals surface area (Å²) in [6.07, 6.45) is 3.39. The maximum atomic E-state index is 10.7. The zero-order chi connectivity index (χ0) is 6.85. The third-order valence-electron chi connectivity index (χ3n) is 1.18. The van der Waals surface area contributed by atoms with Crippen LogP contribution in [0.25, 0.3) is 0 Å². The molecule has 9 heavy (non-hydrogen) atoms. The summed E-state index contributed by atoms with van der Waals surface area (Å²) in [5.41, 5.74) is 5.23. The zero-order valence-corrected chi connectivity index (χ0v) is 5.16. The fourth-order valence-electron chi connectivity index (χ4n) is 0.592. The third-order valence-corrected chi connectivity index (χ3v) is 1.18. The number of hydrogen-bond donors (Lipinski definition) is 1. The lowest BCUT2D eigenvalue weighted by molar-refractivity contribution is -0.119. The van der Waals surface area contributed by atoms with E-state index in [1.807, 2.05) is 0 Å². The zero-order valence-electron chi connectivity index (χ0n) is 5.16. The summed E-state index contributed by atoms with van der Waals surface area (Å²) in [6.45, 7) is 1.79. The molecule has 0 spiro atoms. The maximum absolute atomic E-state index is 10.7. The van der Waals surface area contributed by atoms with Crippen molar-refractivity contribution in [3.05, 3.63) is 12.2 Å². The average Bonchev–Trinajstić information content (AvgIpc) is 1.80. The van der Waals surface area contributed by atoms with Gasteiger partial charge in [-0.05, 0) is 13.0 Å². The molecule has 2 N–H and O–H groups in total. The molecule has 0 radical (unpaired) electrons. The minimum atomic E-state index is -0.157. The number of nitrogens with two attached hydrogens (primary N) is 1. The Hall–Kier alpha value is -1.12. The Balaban J connectivity index is 2.82. The van der Waals surface area contributed by atoms with Gasteiger partial charge in [0, 0.05) is 0 Å². The largest absolute Gasteiger partial charge is 0.384 e. The fourth-order valence-corrected chi connectivity index (χ4v) is 0.592. The predicted molar refractivity (Wildman–Crippen MR) is 34.9 cm³/mol. The SMILES string of the molecule is CC1C=CC(N)=NC1=O. The summed E-state index contributed by atoms with van der Waals surface area (Å²) in [6, 6.07) is 0. The van der Waals surface area contributed by atoms with Crippen LogP contribution in [-0.4, -0.2) is 11.7 Å². The summed E-state index contributed by atoms with van der Waals surface area (Å²) in [5, 5.41) is 0. The van der Waals surface area contributed by atoms with E-state index in [2.05, 4.69) is 4.99 Å². The maximum Gasteiger partial charge on any atom is 0.254 e. The van der Waals surface area contributed by atoms with Crippen LogP contribution in [0.2, 0.25) is 0 Å². The van der Waals surface area contributed by atoms with Crippen molar-refractivity contribution in [1.82, 2.24) is 0 Å². The molecule has 1 heterocycles. The minimum absolute atomic E-state index is 0.0997. The molecule has 0 bridgehead atoms. The van der Waals surface area contributed by atoms with Crippen LogP contribution >= 0.6 is 0 Å². The Morgan fingerprint density at radius 2 is 2.44 bits per heavy atom. The standard InChI is InChI=1S/C6H8N2O/c1-4-2-3-5(7)8-6(4)9/h2-4H,1H3,(H2,7,8,9). The second-order valence-electron chi connectivity index (χ2n) is 2.02. The highest BCUT2D eigenvalue weighted by molar-refractivity contribution is 6.03. The Labute approximate surface area is 53.3 Å². The molecule has 3 nitrogen and oxygen atoms in total. The summed E-state index contributed by atoms with van der Waals surface area (Å²) in [4.78, 5) is 14.2. The van der Waals surface area contributed by atoms with Crippen LogP contribution in [-0.2, 0) is 4.79 Å². The van der Waals surface area contributed by atoms with Crippen molar-refractivity contribution in [1.29, 1.82) is 0 Å². The molecule has 0 saturated heterocycles. The van der Waals surface area contributed by atoms with E-state index >= 15 is 0 Å². The van der Waals surface area contributed by atoms with Crippen molar-refractivity contribution in [2.24, 2.45) is 16.6 Å². The summed E-state index contributed by atoms with van der Waals surface area (Å²) >= 11 is 0. The smallest absolute Gasteiger partial charge is 0.254 e. The van der Waals surface area contributed by atoms with Gasteiger partial charge in [-0.25, -0.2) is 0 Å². The van der Waals surface area contributed by atoms with Gasteiger partial charge >= 0.3 is 0 Å². The Bertz CT molecular complexity index is 193. The van der Waals surface area contributed by atoms with Crippen molar-refractivity contribution < 1.29 is 4.79 Å². The lowest BCUT2D eigenvalue weighted by atomic mass is 10.1. The highest BCUT2D eigenvalue weighted by atomic mass is 16.1. The quantitative estimate of drug-likeness (QED) is 0.497. The molecular weight excluding hydrogens is 116 g/mol. The minimum Gasteiger partial charge on any atom is -0.384 e. The Morgan fingerprint density at radius 1 is 1.78 bits per heavy atom. The third kappa shape index (κ3) is 1.16. The van der Waals surface area contributed by atoms with Crippen LogP contribution < -0.4 is 5.73 Å². The number of nitrogens with zero attached hydrogens (tertiary/aromatic N) is 1. The molecular formula is C6H8N2O. The summed E-state index contributed by atoms with van der Waals surface area (Å²) in [7, 11) is 0. The molecule has 0 saturated carbocycles. The molecule has 1 atom stereocenters. The average molecular weight is 124 g/mol. The van der Waals surface area contributed by atoms with Crippen LogP contribution in [0.3, 0.4) is 0 Å². The lowest BCUT2D eigenvalue weighted by Gasteiger charge is -2.04. The van der Waals surface area contributed by atoms with Crippen LogP contribution in [0.1, 0.15) is 6.92 Å². The van der Waals surface area contributed by atoms with E-state index in [1.54, 1.807) is 19.1 Å². The number of rotatable bonds is 0. The molecule has 1 unspecified atom stereocenters. The Morgan fingerprint density at radius 3 is 2.89 bits per heavy atom. The van der Waals surface area contributed by atoms with E-state index in [0.717, 1.165) is 0 Å². The van der Waals surface area contributed by atoms with Gasteiger partial charge in [0.25, 0.3) is 5.91 Å². The van der Waals surface area contributed by atoms with Crippen LogP contribution in [0.5, 0.6) is 0 Å². The molecule has 1 amide bonds. The van der Waals surface area contributed by atoms with Gasteiger partial charge in [0.2, 0.25) is 0 Å². The number of amides is 1. The van der Waals surface area contributed by atoms with Crippen LogP contribution in [0, 0.1) is 5.92 Å². The highest BCUT2D eigenvalue weighted by Crippen LogP contribution is 2.04. The first-order valence-electron chi connectivity index (χ1n) is 2.76. The van der Waals surface area contributed by atoms with E-state index in [4.69, 9.17) is 5.73 Å². The van der Waals surface area contributed by atoms with Gasteiger partial charge in [-0.15, -0.1) is 0 Å². The fraction of sp³-hybridized carbons (Fsp3) is 0.333. The van der Waals surface area contributed by atoms with Crippen molar-refractivity contribution in [3.8, 4) is 0 Å². The molecule has 0 aromatic heterocycles. The molecule has 3 heteroatoms. The predicted octanol–water partition coefficient (Wildman–Crippen LogP) is 0.0761. The van der Waals surface area contributed by atoms with E-state index in [1.165, 1.54) is 0 Å². The molecule has 0 fully saturated rings. The first-order valence-corrected chi connectivity index (χ1v) is 2.76. The van der Waals surface area contributed by atoms with Gasteiger partial charge in [0.1, 0.15) is 5.84 Å². The number of carbonyl (C=O) groups is 1.